The van der Waals surface area contributed by atoms with E-state index in [1.54, 1.807) is 47.4 Å². The highest BCUT2D eigenvalue weighted by molar-refractivity contribution is 5.97. The van der Waals surface area contributed by atoms with Gasteiger partial charge in [0.15, 0.2) is 5.78 Å². The number of carbonyl (C=O) groups excluding carboxylic acids is 4. The van der Waals surface area contributed by atoms with Crippen LogP contribution in [0.25, 0.3) is 0 Å². The van der Waals surface area contributed by atoms with Gasteiger partial charge in [0.05, 0.1) is 0 Å². The van der Waals surface area contributed by atoms with E-state index < -0.39 is 24.0 Å². The summed E-state index contributed by atoms with van der Waals surface area (Å²) in [6, 6.07) is 13.0. The molecule has 0 aromatic heterocycles. The Kier molecular flexibility index (Phi) is 7.38. The van der Waals surface area contributed by atoms with Crippen LogP contribution in [0.2, 0.25) is 0 Å². The van der Waals surface area contributed by atoms with E-state index >= 15 is 0 Å². The molecule has 2 fully saturated rings. The molecule has 4 rings (SSSR count). The molecule has 2 aromatic rings. The number of hydrogen-bond acceptors (Lipinski definition) is 4. The first-order valence-electron chi connectivity index (χ1n) is 12.1. The van der Waals surface area contributed by atoms with Gasteiger partial charge in [-0.1, -0.05) is 42.5 Å². The number of hydrogen-bond donors (Lipinski definition) is 1. The third-order valence-corrected chi connectivity index (χ3v) is 7.31. The van der Waals surface area contributed by atoms with Crippen LogP contribution in [0.5, 0.6) is 0 Å². The molecular formula is C27H28F3N3O4. The lowest BCUT2D eigenvalue weighted by atomic mass is 9.77. The zero-order valence-corrected chi connectivity index (χ0v) is 20.4. The number of amides is 3. The summed E-state index contributed by atoms with van der Waals surface area (Å²) in [6.45, 7) is 3.16. The smallest absolute Gasteiger partial charge is 0.340 e. The number of halogens is 3. The minimum atomic E-state index is -5.11. The van der Waals surface area contributed by atoms with Crippen molar-refractivity contribution in [1.29, 1.82) is 0 Å². The Hall–Kier alpha value is -3.69. The lowest BCUT2D eigenvalue weighted by Gasteiger charge is -2.39. The normalized spacial score (nSPS) is 17.9. The number of alkyl halides is 3. The van der Waals surface area contributed by atoms with Crippen LogP contribution in [0.4, 0.5) is 13.2 Å². The molecule has 1 unspecified atom stereocenters. The van der Waals surface area contributed by atoms with Gasteiger partial charge in [-0.15, -0.1) is 0 Å². The summed E-state index contributed by atoms with van der Waals surface area (Å²) in [7, 11) is 0. The largest absolute Gasteiger partial charge is 0.471 e. The molecule has 37 heavy (non-hydrogen) atoms. The van der Waals surface area contributed by atoms with E-state index in [-0.39, 0.29) is 22.7 Å². The van der Waals surface area contributed by atoms with Gasteiger partial charge >= 0.3 is 12.1 Å². The van der Waals surface area contributed by atoms with Gasteiger partial charge in [0.25, 0.3) is 5.91 Å². The Morgan fingerprint density at radius 3 is 1.92 bits per heavy atom. The number of likely N-dealkylation sites (tertiary alicyclic amines) is 2. The molecular weight excluding hydrogens is 487 g/mol. The first-order chi connectivity index (χ1) is 17.5. The number of ketones is 1. The minimum absolute atomic E-state index is 0.0771. The second-order valence-electron chi connectivity index (χ2n) is 9.75. The van der Waals surface area contributed by atoms with E-state index in [0.29, 0.717) is 56.6 Å². The number of piperidine rings is 1. The van der Waals surface area contributed by atoms with Crippen LogP contribution in [0.3, 0.4) is 0 Å². The van der Waals surface area contributed by atoms with Gasteiger partial charge in [-0.25, -0.2) is 0 Å². The molecule has 0 saturated carbocycles. The fourth-order valence-corrected chi connectivity index (χ4v) is 5.07. The van der Waals surface area contributed by atoms with Crippen LogP contribution >= 0.6 is 0 Å². The molecule has 1 spiro atoms. The first kappa shape index (κ1) is 26.4. The monoisotopic (exact) mass is 515 g/mol. The van der Waals surface area contributed by atoms with Crippen molar-refractivity contribution in [3.63, 3.8) is 0 Å². The van der Waals surface area contributed by atoms with Gasteiger partial charge in [0.1, 0.15) is 6.04 Å². The molecule has 0 radical (unpaired) electrons. The van der Waals surface area contributed by atoms with E-state index in [1.165, 1.54) is 24.0 Å². The number of benzene rings is 2. The Labute approximate surface area is 212 Å². The van der Waals surface area contributed by atoms with E-state index in [4.69, 9.17) is 0 Å². The zero-order chi connectivity index (χ0) is 26.8. The maximum absolute atomic E-state index is 13.3. The third-order valence-electron chi connectivity index (χ3n) is 7.31. The van der Waals surface area contributed by atoms with Crippen molar-refractivity contribution >= 4 is 23.5 Å². The fourth-order valence-electron chi connectivity index (χ4n) is 5.07. The molecule has 10 heteroatoms. The highest BCUT2D eigenvalue weighted by Gasteiger charge is 2.46. The molecule has 1 atom stereocenters. The van der Waals surface area contributed by atoms with Gasteiger partial charge in [0, 0.05) is 37.3 Å². The molecule has 2 aliphatic heterocycles. The lowest BCUT2D eigenvalue weighted by molar-refractivity contribution is -0.175. The fraction of sp³-hybridized carbons (Fsp3) is 0.407. The van der Waals surface area contributed by atoms with E-state index in [9.17, 15) is 32.3 Å². The van der Waals surface area contributed by atoms with Crippen molar-refractivity contribution in [3.05, 3.63) is 71.3 Å². The Morgan fingerprint density at radius 1 is 0.838 bits per heavy atom. The molecule has 3 amide bonds. The molecule has 196 valence electrons. The summed E-state index contributed by atoms with van der Waals surface area (Å²) < 4.78 is 38.8. The second-order valence-corrected chi connectivity index (χ2v) is 9.75. The van der Waals surface area contributed by atoms with Crippen LogP contribution < -0.4 is 5.32 Å². The van der Waals surface area contributed by atoms with Crippen molar-refractivity contribution < 1.29 is 32.3 Å². The zero-order valence-electron chi connectivity index (χ0n) is 20.4. The molecule has 1 N–H and O–H groups in total. The topological polar surface area (TPSA) is 86.8 Å². The maximum Gasteiger partial charge on any atom is 0.471 e. The van der Waals surface area contributed by atoms with Crippen molar-refractivity contribution in [1.82, 2.24) is 15.1 Å². The number of nitrogens with one attached hydrogen (secondary N) is 1. The Bertz CT molecular complexity index is 1170. The van der Waals surface area contributed by atoms with Crippen LogP contribution in [0, 0.1) is 5.41 Å². The second kappa shape index (κ2) is 10.4. The highest BCUT2D eigenvalue weighted by Crippen LogP contribution is 2.41. The summed E-state index contributed by atoms with van der Waals surface area (Å²) in [6.07, 6.45) is -3.13. The van der Waals surface area contributed by atoms with Crippen molar-refractivity contribution in [3.8, 4) is 0 Å². The van der Waals surface area contributed by atoms with Crippen LogP contribution in [0.1, 0.15) is 58.5 Å². The van der Waals surface area contributed by atoms with Crippen LogP contribution in [-0.4, -0.2) is 65.7 Å². The quantitative estimate of drug-likeness (QED) is 0.615. The van der Waals surface area contributed by atoms with E-state index in [2.05, 4.69) is 0 Å². The standard InChI is InChI=1S/C27H28F3N3O4/c1-18(34)19-7-9-21(10-8-19)23(35)32-14-11-26(12-15-32)13-16-33(17-26)24(36)22(20-5-3-2-4-6-20)31-25(37)27(28,29)30/h2-10,22H,11-17H2,1H3,(H,31,37). The maximum atomic E-state index is 13.3. The summed E-state index contributed by atoms with van der Waals surface area (Å²) in [5, 5.41) is 1.86. The Balaban J connectivity index is 1.40. The summed E-state index contributed by atoms with van der Waals surface area (Å²) in [4.78, 5) is 52.7. The predicted molar refractivity (Wildman–Crippen MR) is 129 cm³/mol. The summed E-state index contributed by atoms with van der Waals surface area (Å²) in [5.41, 5.74) is 1.07. The molecule has 2 saturated heterocycles. The molecule has 0 aliphatic carbocycles. The molecule has 2 heterocycles. The van der Waals surface area contributed by atoms with Crippen LogP contribution in [-0.2, 0) is 9.59 Å². The van der Waals surface area contributed by atoms with Crippen LogP contribution in [0.15, 0.2) is 54.6 Å². The average Bonchev–Trinajstić information content (AvgIpc) is 3.30. The summed E-state index contributed by atoms with van der Waals surface area (Å²) >= 11 is 0. The highest BCUT2D eigenvalue weighted by atomic mass is 19.4. The molecule has 2 aliphatic rings. The molecule has 7 nitrogen and oxygen atoms in total. The van der Waals surface area contributed by atoms with Crippen molar-refractivity contribution in [2.75, 3.05) is 26.2 Å². The van der Waals surface area contributed by atoms with Gasteiger partial charge < -0.3 is 15.1 Å². The predicted octanol–water partition coefficient (Wildman–Crippen LogP) is 3.76. The van der Waals surface area contributed by atoms with E-state index in [0.717, 1.165) is 0 Å². The first-order valence-corrected chi connectivity index (χ1v) is 12.1. The number of Topliss-reactive ketones (excluding diaryl/α,β-unsaturated/α-hetero) is 1. The Morgan fingerprint density at radius 2 is 1.38 bits per heavy atom. The van der Waals surface area contributed by atoms with Crippen molar-refractivity contribution in [2.45, 2.75) is 38.4 Å². The lowest BCUT2D eigenvalue weighted by Crippen LogP contribution is -2.48. The van der Waals surface area contributed by atoms with Gasteiger partial charge in [0.2, 0.25) is 5.91 Å². The molecule has 2 aromatic carbocycles. The van der Waals surface area contributed by atoms with Gasteiger partial charge in [-0.05, 0) is 49.3 Å². The molecule has 0 bridgehead atoms. The van der Waals surface area contributed by atoms with Crippen molar-refractivity contribution in [2.24, 2.45) is 5.41 Å². The number of nitrogens with zero attached hydrogens (tertiary/aromatic N) is 2. The van der Waals surface area contributed by atoms with Gasteiger partial charge in [-0.2, -0.15) is 13.2 Å². The number of rotatable bonds is 5. The number of carbonyl (C=O) groups is 4. The third kappa shape index (κ3) is 5.84. The van der Waals surface area contributed by atoms with Gasteiger partial charge in [-0.3, -0.25) is 19.2 Å². The summed E-state index contributed by atoms with van der Waals surface area (Å²) in [5.74, 6) is -2.95. The minimum Gasteiger partial charge on any atom is -0.340 e. The van der Waals surface area contributed by atoms with E-state index in [1.807, 2.05) is 5.32 Å². The SMILES string of the molecule is CC(=O)c1ccc(C(=O)N2CCC3(CC2)CCN(C(=O)C(NC(=O)C(F)(F)F)c2ccccc2)C3)cc1. The average molecular weight is 516 g/mol.